The second-order valence-corrected chi connectivity index (χ2v) is 25.7. The molecule has 0 aromatic rings. The first-order valence-electron chi connectivity index (χ1n) is 33.3. The molecule has 33 nitrogen and oxygen atoms in total. The monoisotopic (exact) mass is 1390 g/mol. The number of hydrogen-bond donors (Lipinski definition) is 13. The molecule has 0 bridgehead atoms. The van der Waals surface area contributed by atoms with E-state index in [4.69, 9.17) is 65.9 Å². The molecule has 34 heteroatoms. The highest BCUT2D eigenvalue weighted by Crippen LogP contribution is 2.49. The first-order chi connectivity index (χ1) is 45.7. The number of aliphatic hydroxyl groups excluding tert-OH is 9. The van der Waals surface area contributed by atoms with E-state index in [9.17, 15) is 70.4 Å². The van der Waals surface area contributed by atoms with Crippen molar-refractivity contribution in [3.8, 4) is 6.07 Å². The molecule has 3 heterocycles. The van der Waals surface area contributed by atoms with E-state index in [1.807, 2.05) is 0 Å². The van der Waals surface area contributed by atoms with Gasteiger partial charge in [-0.05, 0) is 65.7 Å². The van der Waals surface area contributed by atoms with Gasteiger partial charge in [-0.15, -0.1) is 0 Å². The smallest absolute Gasteiger partial charge is 0.259 e. The number of nitrogens with zero attached hydrogens (tertiary/aromatic N) is 2. The van der Waals surface area contributed by atoms with Crippen molar-refractivity contribution in [3.05, 3.63) is 0 Å². The van der Waals surface area contributed by atoms with Crippen LogP contribution in [0, 0.1) is 17.2 Å². The molecule has 4 aliphatic rings. The first-order valence-corrected chi connectivity index (χ1v) is 34.4. The minimum Gasteiger partial charge on any atom is -0.394 e. The normalized spacial score (nSPS) is 26.9. The Hall–Kier alpha value is -3.16. The van der Waals surface area contributed by atoms with Crippen LogP contribution in [0.3, 0.4) is 0 Å². The lowest BCUT2D eigenvalue weighted by Gasteiger charge is -2.39. The summed E-state index contributed by atoms with van der Waals surface area (Å²) in [7, 11) is -1.42. The Kier molecular flexibility index (Phi) is 43.1. The summed E-state index contributed by atoms with van der Waals surface area (Å²) in [4.78, 5) is 53.1. The zero-order chi connectivity index (χ0) is 69.4. The number of rotatable bonds is 51. The number of carbonyl (C=O) groups excluding carboxylic acids is 4. The van der Waals surface area contributed by atoms with Gasteiger partial charge >= 0.3 is 0 Å². The number of nitriles is 1. The molecule has 1 saturated carbocycles. The van der Waals surface area contributed by atoms with Gasteiger partial charge in [0.25, 0.3) is 8.53 Å². The van der Waals surface area contributed by atoms with Crippen molar-refractivity contribution < 1.29 is 131 Å². The van der Waals surface area contributed by atoms with Gasteiger partial charge in [-0.1, -0.05) is 0 Å². The number of hydrogen-bond acceptors (Lipinski definition) is 29. The van der Waals surface area contributed by atoms with Crippen LogP contribution in [-0.2, 0) is 85.1 Å². The fourth-order valence-electron chi connectivity index (χ4n) is 10.8. The van der Waals surface area contributed by atoms with E-state index in [0.717, 1.165) is 25.7 Å². The fraction of sp³-hybridized carbons (Fsp3) is 0.918. The highest BCUT2D eigenvalue weighted by molar-refractivity contribution is 7.44. The second-order valence-electron chi connectivity index (χ2n) is 24.3. The molecule has 3 saturated heterocycles. The maximum absolute atomic E-state index is 14.2. The molecule has 4 rings (SSSR count). The molecule has 0 spiro atoms. The third-order valence-electron chi connectivity index (χ3n) is 15.9. The zero-order valence-electron chi connectivity index (χ0n) is 55.7. The van der Waals surface area contributed by atoms with Crippen LogP contribution < -0.4 is 21.3 Å². The van der Waals surface area contributed by atoms with E-state index in [1.165, 1.54) is 0 Å². The summed E-state index contributed by atoms with van der Waals surface area (Å²) in [6.45, 7) is 7.68. The molecule has 552 valence electrons. The Morgan fingerprint density at radius 3 is 1.24 bits per heavy atom. The number of nitrogens with one attached hydrogen (secondary N) is 4. The quantitative estimate of drug-likeness (QED) is 0.0224. The summed E-state index contributed by atoms with van der Waals surface area (Å²) < 4.78 is 83.1. The van der Waals surface area contributed by atoms with Crippen LogP contribution in [0.1, 0.15) is 111 Å². The molecule has 1 unspecified atom stereocenters. The van der Waals surface area contributed by atoms with Crippen molar-refractivity contribution in [2.75, 3.05) is 145 Å². The summed E-state index contributed by atoms with van der Waals surface area (Å²) in [5, 5.41) is 109. The van der Waals surface area contributed by atoms with Crippen molar-refractivity contribution in [2.45, 2.75) is 209 Å². The Morgan fingerprint density at radius 1 is 0.516 bits per heavy atom. The van der Waals surface area contributed by atoms with E-state index >= 15 is 0 Å². The second kappa shape index (κ2) is 48.6. The summed E-state index contributed by atoms with van der Waals surface area (Å²) in [6, 6.07) is 2.43. The average molecular weight is 1390 g/mol. The predicted molar refractivity (Wildman–Crippen MR) is 335 cm³/mol. The lowest BCUT2D eigenvalue weighted by atomic mass is 9.84. The van der Waals surface area contributed by atoms with Gasteiger partial charge in [0, 0.05) is 76.7 Å². The molecule has 0 aromatic heterocycles. The van der Waals surface area contributed by atoms with E-state index in [-0.39, 0.29) is 224 Å². The molecule has 0 radical (unpaired) electrons. The van der Waals surface area contributed by atoms with Gasteiger partial charge in [0.2, 0.25) is 23.6 Å². The Morgan fingerprint density at radius 2 is 0.895 bits per heavy atom. The third-order valence-corrected chi connectivity index (χ3v) is 18.1. The molecular weight excluding hydrogens is 1280 g/mol. The number of ether oxygens (including phenoxy) is 12. The number of amides is 4. The van der Waals surface area contributed by atoms with E-state index in [2.05, 4.69) is 59.7 Å². The van der Waals surface area contributed by atoms with Crippen LogP contribution in [0.2, 0.25) is 0 Å². The molecule has 95 heavy (non-hydrogen) atoms. The van der Waals surface area contributed by atoms with Gasteiger partial charge < -0.3 is 133 Å². The minimum absolute atomic E-state index is 0.0136. The van der Waals surface area contributed by atoms with Gasteiger partial charge in [-0.3, -0.25) is 19.2 Å². The Bertz CT molecular complexity index is 1960. The van der Waals surface area contributed by atoms with Gasteiger partial charge in [0.15, 0.2) is 18.9 Å². The van der Waals surface area contributed by atoms with Crippen molar-refractivity contribution in [1.82, 2.24) is 25.9 Å². The maximum atomic E-state index is 14.2. The Labute approximate surface area is 558 Å². The van der Waals surface area contributed by atoms with Crippen LogP contribution in [0.5, 0.6) is 0 Å². The van der Waals surface area contributed by atoms with Crippen LogP contribution in [0.25, 0.3) is 0 Å². The minimum atomic E-state index is -1.42. The van der Waals surface area contributed by atoms with Gasteiger partial charge in [-0.25, -0.2) is 4.67 Å². The van der Waals surface area contributed by atoms with Crippen LogP contribution >= 0.6 is 8.53 Å². The molecule has 4 amide bonds. The number of aliphatic hydroxyl groups is 9. The third kappa shape index (κ3) is 33.7. The maximum Gasteiger partial charge on any atom is 0.259 e. The van der Waals surface area contributed by atoms with E-state index in [1.54, 1.807) is 0 Å². The summed E-state index contributed by atoms with van der Waals surface area (Å²) in [6.07, 6.45) is -8.78. The van der Waals surface area contributed by atoms with Crippen molar-refractivity contribution >= 4 is 32.2 Å². The fourth-order valence-corrected chi connectivity index (χ4v) is 12.5. The van der Waals surface area contributed by atoms with Crippen molar-refractivity contribution in [1.29, 1.82) is 5.26 Å². The van der Waals surface area contributed by atoms with Gasteiger partial charge in [-0.2, -0.15) is 5.26 Å². The van der Waals surface area contributed by atoms with Crippen LogP contribution in [-0.4, -0.2) is 317 Å². The lowest BCUT2D eigenvalue weighted by Crippen LogP contribution is -2.58. The van der Waals surface area contributed by atoms with Gasteiger partial charge in [0.05, 0.1) is 162 Å². The topological polar surface area (TPSA) is 455 Å². The standard InChI is InChI=1S/C61H111N6O27P/c1-41(2)67(42(3)4)95(90-19-5-15-62)94-44-9-6-43(7-10-44)8-11-54(77)66-61(38-84-20-12-51(74)63-16-23-81-26-29-87-55-32-45(71)58(78)48(35-68)91-55,39-85-21-13-52(75)64-17-24-82-27-30-88-56-33-46(72)59(79)49(36-69)92-56)40-86-22-14-53(76)65-18-25-83-28-31-89-57-34-47(73)60(80)50(37-70)93-57/h41-50,55-60,68-73,78-80H,5-14,16-40H2,1-4H3,(H,63,74)(H,64,75)(H,65,76)(H,66,77)/t43?,44?,45-,46-,47-,48-,49-,50-,55-,56-,57-,58-,59-,60-,95?/m1/s1. The molecule has 13 N–H and O–H groups in total. The largest absolute Gasteiger partial charge is 0.394 e. The summed E-state index contributed by atoms with van der Waals surface area (Å²) >= 11 is 0. The van der Waals surface area contributed by atoms with Crippen molar-refractivity contribution in [2.24, 2.45) is 5.92 Å². The Balaban J connectivity index is 1.33. The summed E-state index contributed by atoms with van der Waals surface area (Å²) in [5.74, 6) is -1.21. The first kappa shape index (κ1) is 84.3. The lowest BCUT2D eigenvalue weighted by molar-refractivity contribution is -0.258. The zero-order valence-corrected chi connectivity index (χ0v) is 56.6. The van der Waals surface area contributed by atoms with Crippen LogP contribution in [0.4, 0.5) is 0 Å². The molecule has 4 fully saturated rings. The number of carbonyl (C=O) groups is 4. The molecule has 3 aliphatic heterocycles. The molecular formula is C61H111N6O27P. The summed E-state index contributed by atoms with van der Waals surface area (Å²) in [5.41, 5.74) is -1.39. The van der Waals surface area contributed by atoms with E-state index < -0.39 is 108 Å². The van der Waals surface area contributed by atoms with Crippen LogP contribution in [0.15, 0.2) is 0 Å². The molecule has 0 aromatic carbocycles. The van der Waals surface area contributed by atoms with E-state index in [0.29, 0.717) is 6.42 Å². The predicted octanol–water partition coefficient (Wildman–Crippen LogP) is -2.37. The van der Waals surface area contributed by atoms with Crippen molar-refractivity contribution in [3.63, 3.8) is 0 Å². The molecule has 13 atom stereocenters. The SMILES string of the molecule is CC(C)N(C(C)C)P(OCCC#N)OC1CCC(CCC(=O)NC(COCCC(=O)NCCOCCO[C@H]2C[C@@H](O)[C@@H](O)[C@@H](CO)O2)(COCCC(=O)NCCOCCO[C@H]2C[C@@H](O)[C@@H](O)[C@@H](CO)O2)COCCC(=O)NCCOCCO[C@H]2C[C@@H](O)[C@@H](O)[C@@H](CO)O2)CC1. The highest BCUT2D eigenvalue weighted by Gasteiger charge is 2.40. The van der Waals surface area contributed by atoms with Gasteiger partial charge in [0.1, 0.15) is 42.2 Å². The molecule has 1 aliphatic carbocycles. The highest BCUT2D eigenvalue weighted by atomic mass is 31.2. The average Bonchev–Trinajstić information content (AvgIpc) is 1.47.